The SMILES string of the molecule is Cc1cc(C)c(C(C)NCc2ccncn2)cc1C. The lowest BCUT2D eigenvalue weighted by molar-refractivity contribution is 0.564. The molecule has 0 aliphatic carbocycles. The molecule has 1 aromatic heterocycles. The highest BCUT2D eigenvalue weighted by Crippen LogP contribution is 2.21. The fourth-order valence-electron chi connectivity index (χ4n) is 2.24. The number of aromatic nitrogens is 2. The van der Waals surface area contributed by atoms with Crippen LogP contribution in [0.25, 0.3) is 0 Å². The van der Waals surface area contributed by atoms with Gasteiger partial charge in [-0.25, -0.2) is 9.97 Å². The Balaban J connectivity index is 2.08. The largest absolute Gasteiger partial charge is 0.305 e. The summed E-state index contributed by atoms with van der Waals surface area (Å²) >= 11 is 0. The molecule has 0 amide bonds. The van der Waals surface area contributed by atoms with Gasteiger partial charge in [-0.05, 0) is 56.0 Å². The van der Waals surface area contributed by atoms with E-state index in [0.29, 0.717) is 6.04 Å². The van der Waals surface area contributed by atoms with Crippen molar-refractivity contribution in [2.24, 2.45) is 0 Å². The van der Waals surface area contributed by atoms with Crippen LogP contribution in [0.2, 0.25) is 0 Å². The lowest BCUT2D eigenvalue weighted by atomic mass is 9.96. The number of aryl methyl sites for hydroxylation is 3. The highest BCUT2D eigenvalue weighted by atomic mass is 14.9. The third-order valence-corrected chi connectivity index (χ3v) is 3.58. The minimum absolute atomic E-state index is 0.314. The molecule has 0 saturated heterocycles. The van der Waals surface area contributed by atoms with E-state index < -0.39 is 0 Å². The molecule has 0 radical (unpaired) electrons. The minimum Gasteiger partial charge on any atom is -0.305 e. The maximum Gasteiger partial charge on any atom is 0.115 e. The van der Waals surface area contributed by atoms with E-state index in [1.54, 1.807) is 12.5 Å². The average molecular weight is 255 g/mol. The number of hydrogen-bond donors (Lipinski definition) is 1. The van der Waals surface area contributed by atoms with Crippen LogP contribution < -0.4 is 5.32 Å². The average Bonchev–Trinajstić information content (AvgIpc) is 2.41. The van der Waals surface area contributed by atoms with Crippen LogP contribution in [-0.4, -0.2) is 9.97 Å². The molecule has 2 rings (SSSR count). The van der Waals surface area contributed by atoms with Gasteiger partial charge in [-0.3, -0.25) is 0 Å². The van der Waals surface area contributed by atoms with Crippen molar-refractivity contribution in [2.45, 2.75) is 40.3 Å². The second-order valence-electron chi connectivity index (χ2n) is 5.10. The summed E-state index contributed by atoms with van der Waals surface area (Å²) in [6.07, 6.45) is 3.36. The first-order chi connectivity index (χ1) is 9.08. The fourth-order valence-corrected chi connectivity index (χ4v) is 2.24. The molecule has 0 bridgehead atoms. The van der Waals surface area contributed by atoms with Crippen molar-refractivity contribution >= 4 is 0 Å². The van der Waals surface area contributed by atoms with E-state index >= 15 is 0 Å². The van der Waals surface area contributed by atoms with Crippen LogP contribution in [0.5, 0.6) is 0 Å². The molecule has 0 fully saturated rings. The first-order valence-electron chi connectivity index (χ1n) is 6.64. The molecular weight excluding hydrogens is 234 g/mol. The first-order valence-corrected chi connectivity index (χ1v) is 6.64. The Labute approximate surface area is 115 Å². The van der Waals surface area contributed by atoms with Crippen LogP contribution in [0.4, 0.5) is 0 Å². The zero-order valence-corrected chi connectivity index (χ0v) is 12.1. The topological polar surface area (TPSA) is 37.8 Å². The van der Waals surface area contributed by atoms with Gasteiger partial charge in [0.1, 0.15) is 6.33 Å². The fraction of sp³-hybridized carbons (Fsp3) is 0.375. The summed E-state index contributed by atoms with van der Waals surface area (Å²) in [6, 6.07) is 6.79. The number of nitrogens with zero attached hydrogens (tertiary/aromatic N) is 2. The highest BCUT2D eigenvalue weighted by Gasteiger charge is 2.09. The van der Waals surface area contributed by atoms with Crippen molar-refractivity contribution in [1.82, 2.24) is 15.3 Å². The van der Waals surface area contributed by atoms with Gasteiger partial charge >= 0.3 is 0 Å². The van der Waals surface area contributed by atoms with E-state index in [1.807, 2.05) is 6.07 Å². The summed E-state index contributed by atoms with van der Waals surface area (Å²) < 4.78 is 0. The molecule has 100 valence electrons. The molecule has 1 heterocycles. The van der Waals surface area contributed by atoms with Gasteiger partial charge in [0.25, 0.3) is 0 Å². The van der Waals surface area contributed by atoms with E-state index in [0.717, 1.165) is 12.2 Å². The van der Waals surface area contributed by atoms with E-state index in [4.69, 9.17) is 0 Å². The molecule has 1 aromatic carbocycles. The maximum absolute atomic E-state index is 4.22. The predicted octanol–water partition coefficient (Wildman–Crippen LogP) is 3.25. The van der Waals surface area contributed by atoms with Crippen LogP contribution >= 0.6 is 0 Å². The molecule has 3 heteroatoms. The molecule has 1 atom stereocenters. The molecule has 0 spiro atoms. The normalized spacial score (nSPS) is 12.4. The molecule has 3 nitrogen and oxygen atoms in total. The molecule has 0 aliphatic rings. The van der Waals surface area contributed by atoms with Crippen molar-refractivity contribution in [1.29, 1.82) is 0 Å². The summed E-state index contributed by atoms with van der Waals surface area (Å²) in [5.41, 5.74) is 6.41. The molecule has 0 aliphatic heterocycles. The van der Waals surface area contributed by atoms with E-state index in [2.05, 4.69) is 55.1 Å². The number of rotatable bonds is 4. The Hall–Kier alpha value is -1.74. The predicted molar refractivity (Wildman–Crippen MR) is 77.9 cm³/mol. The molecule has 1 unspecified atom stereocenters. The van der Waals surface area contributed by atoms with Crippen molar-refractivity contribution < 1.29 is 0 Å². The quantitative estimate of drug-likeness (QED) is 0.911. The van der Waals surface area contributed by atoms with E-state index in [1.165, 1.54) is 22.3 Å². The Kier molecular flexibility index (Phi) is 4.27. The van der Waals surface area contributed by atoms with Gasteiger partial charge in [0.05, 0.1) is 5.69 Å². The Morgan fingerprint density at radius 2 is 1.84 bits per heavy atom. The minimum atomic E-state index is 0.314. The molecule has 19 heavy (non-hydrogen) atoms. The van der Waals surface area contributed by atoms with Crippen molar-refractivity contribution in [3.05, 3.63) is 58.7 Å². The summed E-state index contributed by atoms with van der Waals surface area (Å²) in [6.45, 7) is 9.44. The first kappa shape index (κ1) is 13.7. The zero-order valence-electron chi connectivity index (χ0n) is 12.1. The summed E-state index contributed by atoms with van der Waals surface area (Å²) in [4.78, 5) is 8.15. The van der Waals surface area contributed by atoms with Crippen LogP contribution in [0.15, 0.2) is 30.7 Å². The molecular formula is C16H21N3. The summed E-state index contributed by atoms with van der Waals surface area (Å²) in [7, 11) is 0. The van der Waals surface area contributed by atoms with Crippen molar-refractivity contribution in [2.75, 3.05) is 0 Å². The van der Waals surface area contributed by atoms with Crippen LogP contribution in [0.3, 0.4) is 0 Å². The van der Waals surface area contributed by atoms with Gasteiger partial charge in [-0.1, -0.05) is 12.1 Å². The smallest absolute Gasteiger partial charge is 0.115 e. The lowest BCUT2D eigenvalue weighted by Crippen LogP contribution is -2.19. The lowest BCUT2D eigenvalue weighted by Gasteiger charge is -2.18. The van der Waals surface area contributed by atoms with Gasteiger partial charge in [0.15, 0.2) is 0 Å². The van der Waals surface area contributed by atoms with Crippen molar-refractivity contribution in [3.63, 3.8) is 0 Å². The molecule has 1 N–H and O–H groups in total. The number of benzene rings is 1. The third kappa shape index (κ3) is 3.38. The maximum atomic E-state index is 4.22. The molecule has 2 aromatic rings. The Morgan fingerprint density at radius 1 is 1.11 bits per heavy atom. The third-order valence-electron chi connectivity index (χ3n) is 3.58. The molecule has 0 saturated carbocycles. The van der Waals surface area contributed by atoms with Gasteiger partial charge < -0.3 is 5.32 Å². The summed E-state index contributed by atoms with van der Waals surface area (Å²) in [5.74, 6) is 0. The van der Waals surface area contributed by atoms with Gasteiger partial charge in [0, 0.05) is 18.8 Å². The monoisotopic (exact) mass is 255 g/mol. The zero-order chi connectivity index (χ0) is 13.8. The Morgan fingerprint density at radius 3 is 2.53 bits per heavy atom. The van der Waals surface area contributed by atoms with Crippen LogP contribution in [0, 0.1) is 20.8 Å². The van der Waals surface area contributed by atoms with Gasteiger partial charge in [0.2, 0.25) is 0 Å². The number of hydrogen-bond acceptors (Lipinski definition) is 3. The van der Waals surface area contributed by atoms with Crippen LogP contribution in [-0.2, 0) is 6.54 Å². The van der Waals surface area contributed by atoms with Gasteiger partial charge in [-0.15, -0.1) is 0 Å². The second kappa shape index (κ2) is 5.93. The standard InChI is InChI=1S/C16H21N3/c1-11-7-13(3)16(8-12(11)2)14(4)18-9-15-5-6-17-10-19-15/h5-8,10,14,18H,9H2,1-4H3. The van der Waals surface area contributed by atoms with Crippen molar-refractivity contribution in [3.8, 4) is 0 Å². The van der Waals surface area contributed by atoms with E-state index in [-0.39, 0.29) is 0 Å². The van der Waals surface area contributed by atoms with Crippen LogP contribution in [0.1, 0.15) is 40.9 Å². The second-order valence-corrected chi connectivity index (χ2v) is 5.10. The van der Waals surface area contributed by atoms with Gasteiger partial charge in [-0.2, -0.15) is 0 Å². The highest BCUT2D eigenvalue weighted by molar-refractivity contribution is 5.38. The number of nitrogens with one attached hydrogen (secondary N) is 1. The Bertz CT molecular complexity index is 549. The van der Waals surface area contributed by atoms with E-state index in [9.17, 15) is 0 Å². The summed E-state index contributed by atoms with van der Waals surface area (Å²) in [5, 5.41) is 3.51.